The first-order chi connectivity index (χ1) is 6.38. The van der Waals surface area contributed by atoms with Gasteiger partial charge in [0.25, 0.3) is 0 Å². The molecule has 1 aliphatic carbocycles. The maximum absolute atomic E-state index is 8.83. The van der Waals surface area contributed by atoms with Gasteiger partial charge >= 0.3 is 0 Å². The van der Waals surface area contributed by atoms with Crippen molar-refractivity contribution in [2.24, 2.45) is 5.92 Å². The van der Waals surface area contributed by atoms with Crippen LogP contribution in [0.25, 0.3) is 0 Å². The second-order valence-corrected chi connectivity index (χ2v) is 3.40. The van der Waals surface area contributed by atoms with Crippen molar-refractivity contribution in [1.29, 1.82) is 0 Å². The van der Waals surface area contributed by atoms with E-state index in [1.165, 1.54) is 12.8 Å². The summed E-state index contributed by atoms with van der Waals surface area (Å²) in [5, 5.41) is 8.83. The van der Waals surface area contributed by atoms with Crippen LogP contribution >= 0.6 is 0 Å². The molecule has 2 rings (SSSR count). The van der Waals surface area contributed by atoms with Gasteiger partial charge in [-0.2, -0.15) is 0 Å². The maximum atomic E-state index is 8.83. The van der Waals surface area contributed by atoms with E-state index in [2.05, 4.69) is 4.98 Å². The molecule has 13 heavy (non-hydrogen) atoms. The Hall–Kier alpha value is -1.09. The number of ether oxygens (including phenoxy) is 1. The van der Waals surface area contributed by atoms with Crippen LogP contribution in [-0.4, -0.2) is 16.7 Å². The lowest BCUT2D eigenvalue weighted by Crippen LogP contribution is -2.00. The molecule has 0 aliphatic heterocycles. The van der Waals surface area contributed by atoms with E-state index in [0.29, 0.717) is 5.69 Å². The third-order valence-electron chi connectivity index (χ3n) is 2.13. The lowest BCUT2D eigenvalue weighted by molar-refractivity contribution is 0.272. The molecule has 1 N–H and O–H groups in total. The SMILES string of the molecule is OCc1cc(OCC2CC2)ccn1. The van der Waals surface area contributed by atoms with Crippen molar-refractivity contribution in [1.82, 2.24) is 4.98 Å². The van der Waals surface area contributed by atoms with Crippen molar-refractivity contribution >= 4 is 0 Å². The van der Waals surface area contributed by atoms with Gasteiger partial charge in [-0.25, -0.2) is 0 Å². The van der Waals surface area contributed by atoms with E-state index in [0.717, 1.165) is 18.3 Å². The van der Waals surface area contributed by atoms with Gasteiger partial charge in [-0.3, -0.25) is 4.98 Å². The van der Waals surface area contributed by atoms with Gasteiger partial charge in [0.2, 0.25) is 0 Å². The predicted octanol–water partition coefficient (Wildman–Crippen LogP) is 1.36. The average Bonchev–Trinajstić information content (AvgIpc) is 2.99. The molecule has 1 fully saturated rings. The molecule has 0 aromatic carbocycles. The molecule has 1 aliphatic rings. The van der Waals surface area contributed by atoms with E-state index in [-0.39, 0.29) is 6.61 Å². The molecular weight excluding hydrogens is 166 g/mol. The number of aliphatic hydroxyl groups is 1. The molecule has 0 unspecified atom stereocenters. The summed E-state index contributed by atoms with van der Waals surface area (Å²) in [7, 11) is 0. The summed E-state index contributed by atoms with van der Waals surface area (Å²) >= 11 is 0. The molecule has 0 saturated heterocycles. The van der Waals surface area contributed by atoms with Gasteiger partial charge in [-0.1, -0.05) is 0 Å². The second kappa shape index (κ2) is 3.75. The second-order valence-electron chi connectivity index (χ2n) is 3.40. The highest BCUT2D eigenvalue weighted by Gasteiger charge is 2.21. The largest absolute Gasteiger partial charge is 0.493 e. The Morgan fingerprint density at radius 3 is 3.08 bits per heavy atom. The van der Waals surface area contributed by atoms with Crippen molar-refractivity contribution in [2.45, 2.75) is 19.4 Å². The van der Waals surface area contributed by atoms with Gasteiger partial charge < -0.3 is 9.84 Å². The molecule has 70 valence electrons. The molecule has 0 spiro atoms. The van der Waals surface area contributed by atoms with E-state index in [1.807, 2.05) is 6.07 Å². The first-order valence-electron chi connectivity index (χ1n) is 4.57. The van der Waals surface area contributed by atoms with E-state index in [1.54, 1.807) is 12.3 Å². The lowest BCUT2D eigenvalue weighted by Gasteiger charge is -2.05. The minimum absolute atomic E-state index is 0.0272. The fourth-order valence-corrected chi connectivity index (χ4v) is 1.13. The minimum Gasteiger partial charge on any atom is -0.493 e. The van der Waals surface area contributed by atoms with Crippen molar-refractivity contribution < 1.29 is 9.84 Å². The van der Waals surface area contributed by atoms with E-state index in [4.69, 9.17) is 9.84 Å². The van der Waals surface area contributed by atoms with Crippen LogP contribution in [0.3, 0.4) is 0 Å². The third-order valence-corrected chi connectivity index (χ3v) is 2.13. The molecule has 1 heterocycles. The molecule has 0 radical (unpaired) electrons. The number of hydrogen-bond acceptors (Lipinski definition) is 3. The summed E-state index contributed by atoms with van der Waals surface area (Å²) in [5.74, 6) is 1.57. The fraction of sp³-hybridized carbons (Fsp3) is 0.500. The number of rotatable bonds is 4. The molecule has 0 bridgehead atoms. The maximum Gasteiger partial charge on any atom is 0.122 e. The zero-order chi connectivity index (χ0) is 9.10. The number of aliphatic hydroxyl groups excluding tert-OH is 1. The van der Waals surface area contributed by atoms with Crippen LogP contribution in [0.15, 0.2) is 18.3 Å². The Bertz CT molecular complexity index is 284. The first-order valence-corrected chi connectivity index (χ1v) is 4.57. The summed E-state index contributed by atoms with van der Waals surface area (Å²) in [6.45, 7) is 0.773. The zero-order valence-electron chi connectivity index (χ0n) is 7.44. The van der Waals surface area contributed by atoms with Gasteiger partial charge in [0.1, 0.15) is 5.75 Å². The average molecular weight is 179 g/mol. The quantitative estimate of drug-likeness (QED) is 0.758. The standard InChI is InChI=1S/C10H13NO2/c12-6-9-5-10(3-4-11-9)13-7-8-1-2-8/h3-5,8,12H,1-2,6-7H2. The smallest absolute Gasteiger partial charge is 0.122 e. The number of hydrogen-bond donors (Lipinski definition) is 1. The monoisotopic (exact) mass is 179 g/mol. The molecule has 1 saturated carbocycles. The Kier molecular flexibility index (Phi) is 2.45. The Balaban J connectivity index is 1.93. The van der Waals surface area contributed by atoms with Gasteiger partial charge in [0.15, 0.2) is 0 Å². The van der Waals surface area contributed by atoms with E-state index < -0.39 is 0 Å². The third kappa shape index (κ3) is 2.42. The van der Waals surface area contributed by atoms with E-state index in [9.17, 15) is 0 Å². The zero-order valence-corrected chi connectivity index (χ0v) is 7.44. The number of aromatic nitrogens is 1. The molecule has 1 aromatic heterocycles. The van der Waals surface area contributed by atoms with Gasteiger partial charge in [0.05, 0.1) is 18.9 Å². The molecule has 1 aromatic rings. The highest BCUT2D eigenvalue weighted by molar-refractivity contribution is 5.22. The fourth-order valence-electron chi connectivity index (χ4n) is 1.13. The molecule has 3 nitrogen and oxygen atoms in total. The van der Waals surface area contributed by atoms with Crippen LogP contribution in [-0.2, 0) is 6.61 Å². The highest BCUT2D eigenvalue weighted by atomic mass is 16.5. The van der Waals surface area contributed by atoms with Crippen LogP contribution < -0.4 is 4.74 Å². The summed E-state index contributed by atoms with van der Waals surface area (Å²) in [6, 6.07) is 3.60. The highest BCUT2D eigenvalue weighted by Crippen LogP contribution is 2.29. The molecule has 0 amide bonds. The molecule has 3 heteroatoms. The van der Waals surface area contributed by atoms with Crippen molar-refractivity contribution in [3.05, 3.63) is 24.0 Å². The van der Waals surface area contributed by atoms with Crippen LogP contribution in [0.2, 0.25) is 0 Å². The summed E-state index contributed by atoms with van der Waals surface area (Å²) in [4.78, 5) is 3.97. The minimum atomic E-state index is -0.0272. The first kappa shape index (κ1) is 8.51. The van der Waals surface area contributed by atoms with Crippen molar-refractivity contribution in [2.75, 3.05) is 6.61 Å². The van der Waals surface area contributed by atoms with Crippen LogP contribution in [0.1, 0.15) is 18.5 Å². The van der Waals surface area contributed by atoms with Crippen LogP contribution in [0.4, 0.5) is 0 Å². The van der Waals surface area contributed by atoms with Crippen LogP contribution in [0, 0.1) is 5.92 Å². The number of nitrogens with zero attached hydrogens (tertiary/aromatic N) is 1. The summed E-state index contributed by atoms with van der Waals surface area (Å²) in [6.07, 6.45) is 4.24. The van der Waals surface area contributed by atoms with Crippen molar-refractivity contribution in [3.63, 3.8) is 0 Å². The van der Waals surface area contributed by atoms with Gasteiger partial charge in [-0.05, 0) is 24.8 Å². The van der Waals surface area contributed by atoms with Crippen LogP contribution in [0.5, 0.6) is 5.75 Å². The number of pyridine rings is 1. The summed E-state index contributed by atoms with van der Waals surface area (Å²) in [5.41, 5.74) is 0.660. The Labute approximate surface area is 77.4 Å². The Morgan fingerprint density at radius 2 is 2.38 bits per heavy atom. The Morgan fingerprint density at radius 1 is 1.54 bits per heavy atom. The molecular formula is C10H13NO2. The molecule has 0 atom stereocenters. The predicted molar refractivity (Wildman–Crippen MR) is 48.4 cm³/mol. The van der Waals surface area contributed by atoms with Gasteiger partial charge in [-0.15, -0.1) is 0 Å². The van der Waals surface area contributed by atoms with E-state index >= 15 is 0 Å². The summed E-state index contributed by atoms with van der Waals surface area (Å²) < 4.78 is 5.52. The van der Waals surface area contributed by atoms with Gasteiger partial charge in [0, 0.05) is 12.3 Å². The lowest BCUT2D eigenvalue weighted by atomic mass is 10.3. The van der Waals surface area contributed by atoms with Crippen molar-refractivity contribution in [3.8, 4) is 5.75 Å². The normalized spacial score (nSPS) is 15.8. The topological polar surface area (TPSA) is 42.4 Å².